The average molecular weight is 259 g/mol. The lowest BCUT2D eigenvalue weighted by Crippen LogP contribution is -2.14. The zero-order valence-electron chi connectivity index (χ0n) is 11.5. The molecule has 1 heterocycles. The maximum absolute atomic E-state index is 11.8. The Morgan fingerprint density at radius 2 is 1.84 bits per heavy atom. The highest BCUT2D eigenvalue weighted by atomic mass is 16.4. The van der Waals surface area contributed by atoms with Gasteiger partial charge in [-0.05, 0) is 30.0 Å². The molecule has 0 unspecified atom stereocenters. The van der Waals surface area contributed by atoms with Gasteiger partial charge in [0, 0.05) is 16.6 Å². The topological polar surface area (TPSA) is 70.2 Å². The van der Waals surface area contributed by atoms with Gasteiger partial charge in [0.15, 0.2) is 0 Å². The molecule has 1 aromatic carbocycles. The molecule has 19 heavy (non-hydrogen) atoms. The lowest BCUT2D eigenvalue weighted by atomic mass is 9.86. The molecule has 2 rings (SSSR count). The molecule has 0 fully saturated rings. The number of ketones is 1. The summed E-state index contributed by atoms with van der Waals surface area (Å²) in [6.07, 6.45) is 0. The highest BCUT2D eigenvalue weighted by Gasteiger charge is 2.23. The first-order valence-electron chi connectivity index (χ1n) is 6.12. The summed E-state index contributed by atoms with van der Waals surface area (Å²) in [6.45, 7) is 7.94. The Labute approximate surface area is 111 Å². The second-order valence-electron chi connectivity index (χ2n) is 5.77. The second kappa shape index (κ2) is 4.23. The molecule has 0 spiro atoms. The third-order valence-electron chi connectivity index (χ3n) is 3.27. The number of nitrogens with one attached hydrogen (secondary N) is 1. The first-order valence-corrected chi connectivity index (χ1v) is 6.12. The smallest absolute Gasteiger partial charge is 0.377 e. The minimum Gasteiger partial charge on any atom is -0.475 e. The van der Waals surface area contributed by atoms with Crippen molar-refractivity contribution in [2.75, 3.05) is 0 Å². The summed E-state index contributed by atoms with van der Waals surface area (Å²) in [7, 11) is 0. The Bertz CT molecular complexity index is 674. The van der Waals surface area contributed by atoms with Crippen molar-refractivity contribution < 1.29 is 14.7 Å². The van der Waals surface area contributed by atoms with Crippen molar-refractivity contribution in [1.82, 2.24) is 4.98 Å². The first kappa shape index (κ1) is 13.3. The number of carboxylic acids is 1. The third kappa shape index (κ3) is 2.26. The Morgan fingerprint density at radius 1 is 1.21 bits per heavy atom. The first-order chi connectivity index (χ1) is 8.71. The molecule has 0 aliphatic heterocycles. The highest BCUT2D eigenvalue weighted by molar-refractivity contribution is 6.42. The third-order valence-corrected chi connectivity index (χ3v) is 3.27. The molecule has 0 aliphatic carbocycles. The van der Waals surface area contributed by atoms with Gasteiger partial charge in [-0.25, -0.2) is 4.79 Å². The fourth-order valence-corrected chi connectivity index (χ4v) is 2.19. The lowest BCUT2D eigenvalue weighted by molar-refractivity contribution is -0.131. The van der Waals surface area contributed by atoms with E-state index in [2.05, 4.69) is 25.8 Å². The number of fused-ring (bicyclic) bond motifs is 1. The van der Waals surface area contributed by atoms with Gasteiger partial charge in [0.2, 0.25) is 0 Å². The van der Waals surface area contributed by atoms with E-state index in [4.69, 9.17) is 5.11 Å². The van der Waals surface area contributed by atoms with E-state index < -0.39 is 11.8 Å². The molecule has 2 N–H and O–H groups in total. The normalized spacial score (nSPS) is 11.8. The number of aromatic nitrogens is 1. The SMILES string of the molecule is Cc1[nH]c2ccc(C(C)(C)C)cc2c1C(=O)C(=O)O. The van der Waals surface area contributed by atoms with Crippen LogP contribution >= 0.6 is 0 Å². The monoisotopic (exact) mass is 259 g/mol. The Hall–Kier alpha value is -2.10. The van der Waals surface area contributed by atoms with E-state index in [1.54, 1.807) is 6.92 Å². The number of carbonyl (C=O) groups excluding carboxylic acids is 1. The van der Waals surface area contributed by atoms with Crippen molar-refractivity contribution in [2.24, 2.45) is 0 Å². The maximum Gasteiger partial charge on any atom is 0.377 e. The summed E-state index contributed by atoms with van der Waals surface area (Å²) >= 11 is 0. The molecule has 4 heteroatoms. The van der Waals surface area contributed by atoms with Gasteiger partial charge in [0.25, 0.3) is 5.78 Å². The Morgan fingerprint density at radius 3 is 2.37 bits per heavy atom. The number of aliphatic carboxylic acids is 1. The number of rotatable bonds is 2. The summed E-state index contributed by atoms with van der Waals surface area (Å²) in [5, 5.41) is 9.58. The number of aromatic amines is 1. The van der Waals surface area contributed by atoms with Crippen LogP contribution in [-0.4, -0.2) is 21.8 Å². The zero-order valence-corrected chi connectivity index (χ0v) is 11.5. The molecule has 0 amide bonds. The number of Topliss-reactive ketones (excluding diaryl/α,β-unsaturated/α-hetero) is 1. The van der Waals surface area contributed by atoms with Crippen molar-refractivity contribution in [1.29, 1.82) is 0 Å². The Kier molecular flexibility index (Phi) is 2.97. The van der Waals surface area contributed by atoms with Crippen LogP contribution in [0, 0.1) is 6.92 Å². The molecule has 0 atom stereocenters. The minimum atomic E-state index is -1.43. The van der Waals surface area contributed by atoms with Crippen LogP contribution in [0.1, 0.15) is 42.4 Å². The van der Waals surface area contributed by atoms with Gasteiger partial charge >= 0.3 is 5.97 Å². The fourth-order valence-electron chi connectivity index (χ4n) is 2.19. The summed E-state index contributed by atoms with van der Waals surface area (Å²) in [6, 6.07) is 5.78. The van der Waals surface area contributed by atoms with Crippen molar-refractivity contribution in [3.63, 3.8) is 0 Å². The van der Waals surface area contributed by atoms with E-state index in [1.807, 2.05) is 18.2 Å². The summed E-state index contributed by atoms with van der Waals surface area (Å²) in [4.78, 5) is 25.8. The molecule has 0 aliphatic rings. The predicted octanol–water partition coefficient (Wildman–Crippen LogP) is 3.04. The molecule has 0 bridgehead atoms. The van der Waals surface area contributed by atoms with E-state index in [0.29, 0.717) is 11.1 Å². The number of aryl methyl sites for hydroxylation is 1. The van der Waals surface area contributed by atoms with Crippen LogP contribution in [0.4, 0.5) is 0 Å². The van der Waals surface area contributed by atoms with Gasteiger partial charge in [-0.3, -0.25) is 4.79 Å². The predicted molar refractivity (Wildman–Crippen MR) is 73.7 cm³/mol. The van der Waals surface area contributed by atoms with Gasteiger partial charge in [-0.2, -0.15) is 0 Å². The van der Waals surface area contributed by atoms with Gasteiger partial charge in [-0.15, -0.1) is 0 Å². The van der Waals surface area contributed by atoms with Gasteiger partial charge < -0.3 is 10.1 Å². The molecule has 1 aromatic heterocycles. The Balaban J connectivity index is 2.73. The zero-order chi connectivity index (χ0) is 14.4. The maximum atomic E-state index is 11.8. The van der Waals surface area contributed by atoms with E-state index in [9.17, 15) is 9.59 Å². The molecule has 0 saturated heterocycles. The van der Waals surface area contributed by atoms with E-state index in [0.717, 1.165) is 11.1 Å². The minimum absolute atomic E-state index is 0.0527. The number of hydrogen-bond acceptors (Lipinski definition) is 2. The van der Waals surface area contributed by atoms with Crippen LogP contribution in [0.5, 0.6) is 0 Å². The molecule has 0 saturated carbocycles. The average Bonchev–Trinajstić information content (AvgIpc) is 2.61. The van der Waals surface area contributed by atoms with Crippen LogP contribution in [-0.2, 0) is 10.2 Å². The number of carbonyl (C=O) groups is 2. The van der Waals surface area contributed by atoms with Crippen LogP contribution in [0.3, 0.4) is 0 Å². The van der Waals surface area contributed by atoms with Gasteiger partial charge in [-0.1, -0.05) is 26.8 Å². The molecule has 0 radical (unpaired) electrons. The molecular weight excluding hydrogens is 242 g/mol. The number of H-pyrrole nitrogens is 1. The quantitative estimate of drug-likeness (QED) is 0.643. The van der Waals surface area contributed by atoms with Crippen molar-refractivity contribution >= 4 is 22.7 Å². The standard InChI is InChI=1S/C15H17NO3/c1-8-12(13(17)14(18)19)10-7-9(15(2,3)4)5-6-11(10)16-8/h5-7,16H,1-4H3,(H,18,19). The van der Waals surface area contributed by atoms with Crippen molar-refractivity contribution in [3.05, 3.63) is 35.0 Å². The summed E-state index contributed by atoms with van der Waals surface area (Å²) in [5.41, 5.74) is 2.65. The van der Waals surface area contributed by atoms with Gasteiger partial charge in [0.1, 0.15) is 0 Å². The van der Waals surface area contributed by atoms with E-state index >= 15 is 0 Å². The molecular formula is C15H17NO3. The van der Waals surface area contributed by atoms with E-state index in [-0.39, 0.29) is 11.0 Å². The molecule has 100 valence electrons. The molecule has 2 aromatic rings. The largest absolute Gasteiger partial charge is 0.475 e. The number of hydrogen-bond donors (Lipinski definition) is 2. The summed E-state index contributed by atoms with van der Waals surface area (Å²) in [5.74, 6) is -2.29. The molecule has 4 nitrogen and oxygen atoms in total. The van der Waals surface area contributed by atoms with Gasteiger partial charge in [0.05, 0.1) is 5.56 Å². The van der Waals surface area contributed by atoms with Crippen LogP contribution in [0.2, 0.25) is 0 Å². The highest BCUT2D eigenvalue weighted by Crippen LogP contribution is 2.29. The number of carboxylic acid groups (broad SMARTS) is 1. The number of benzene rings is 1. The van der Waals surface area contributed by atoms with Crippen LogP contribution in [0.25, 0.3) is 10.9 Å². The van der Waals surface area contributed by atoms with Crippen molar-refractivity contribution in [3.8, 4) is 0 Å². The lowest BCUT2D eigenvalue weighted by Gasteiger charge is -2.19. The second-order valence-corrected chi connectivity index (χ2v) is 5.77. The van der Waals surface area contributed by atoms with Crippen molar-refractivity contribution in [2.45, 2.75) is 33.1 Å². The summed E-state index contributed by atoms with van der Waals surface area (Å²) < 4.78 is 0. The van der Waals surface area contributed by atoms with Crippen LogP contribution in [0.15, 0.2) is 18.2 Å². The fraction of sp³-hybridized carbons (Fsp3) is 0.333. The van der Waals surface area contributed by atoms with E-state index in [1.165, 1.54) is 0 Å². The van der Waals surface area contributed by atoms with Crippen LogP contribution < -0.4 is 0 Å².